The molecule has 2 aromatic rings. The number of carboxylic acid groups (broad SMARTS) is 1. The fraction of sp³-hybridized carbons (Fsp3) is 0.286. The molecule has 1 aromatic heterocycles. The zero-order valence-electron chi connectivity index (χ0n) is 10.8. The number of carbonyl (C=O) groups is 1. The van der Waals surface area contributed by atoms with Gasteiger partial charge in [-0.05, 0) is 18.2 Å². The van der Waals surface area contributed by atoms with Crippen LogP contribution in [0.3, 0.4) is 0 Å². The van der Waals surface area contributed by atoms with E-state index < -0.39 is 6.09 Å². The first kappa shape index (κ1) is 12.5. The topological polar surface area (TPSA) is 88.6 Å². The molecule has 1 fully saturated rings. The molecule has 0 unspecified atom stereocenters. The van der Waals surface area contributed by atoms with Gasteiger partial charge in [-0.3, -0.25) is 4.79 Å². The van der Waals surface area contributed by atoms with E-state index in [0.717, 1.165) is 5.39 Å². The van der Waals surface area contributed by atoms with Crippen LogP contribution in [0.2, 0.25) is 0 Å². The number of aromatic nitrogens is 1. The summed E-state index contributed by atoms with van der Waals surface area (Å²) in [6, 6.07) is 7.12. The largest absolute Gasteiger partial charge is 0.465 e. The van der Waals surface area contributed by atoms with Crippen molar-refractivity contribution in [1.82, 2.24) is 9.47 Å². The van der Waals surface area contributed by atoms with Crippen molar-refractivity contribution in [3.05, 3.63) is 40.8 Å². The van der Waals surface area contributed by atoms with Crippen LogP contribution in [-0.4, -0.2) is 33.8 Å². The average molecular weight is 273 g/mol. The third kappa shape index (κ3) is 1.99. The zero-order chi connectivity index (χ0) is 14.3. The highest BCUT2D eigenvalue weighted by atomic mass is 16.4. The first-order valence-electron chi connectivity index (χ1n) is 6.42. The molecule has 20 heavy (non-hydrogen) atoms. The van der Waals surface area contributed by atoms with Crippen molar-refractivity contribution in [2.45, 2.75) is 6.54 Å². The van der Waals surface area contributed by atoms with E-state index in [4.69, 9.17) is 10.8 Å². The third-order valence-electron chi connectivity index (χ3n) is 3.73. The fourth-order valence-corrected chi connectivity index (χ4v) is 2.61. The van der Waals surface area contributed by atoms with E-state index in [2.05, 4.69) is 0 Å². The first-order chi connectivity index (χ1) is 9.56. The highest BCUT2D eigenvalue weighted by molar-refractivity contribution is 5.91. The van der Waals surface area contributed by atoms with Gasteiger partial charge in [0.2, 0.25) is 0 Å². The summed E-state index contributed by atoms with van der Waals surface area (Å²) in [6.07, 6.45) is 0.824. The average Bonchev–Trinajstić information content (AvgIpc) is 2.36. The van der Waals surface area contributed by atoms with Gasteiger partial charge in [-0.15, -0.1) is 0 Å². The van der Waals surface area contributed by atoms with Crippen LogP contribution < -0.4 is 11.3 Å². The summed E-state index contributed by atoms with van der Waals surface area (Å²) in [5.41, 5.74) is 6.36. The maximum atomic E-state index is 12.3. The summed E-state index contributed by atoms with van der Waals surface area (Å²) in [5.74, 6) is 0.197. The Bertz CT molecular complexity index is 732. The molecule has 1 saturated heterocycles. The predicted octanol–water partition coefficient (Wildman–Crippen LogP) is 1.19. The van der Waals surface area contributed by atoms with Crippen molar-refractivity contribution in [3.63, 3.8) is 0 Å². The molecule has 0 saturated carbocycles. The number of anilines is 1. The molecule has 1 aliphatic rings. The molecule has 0 bridgehead atoms. The van der Waals surface area contributed by atoms with Crippen LogP contribution in [0, 0.1) is 5.92 Å². The van der Waals surface area contributed by atoms with E-state index >= 15 is 0 Å². The van der Waals surface area contributed by atoms with Gasteiger partial charge >= 0.3 is 6.09 Å². The zero-order valence-corrected chi connectivity index (χ0v) is 10.8. The molecule has 3 rings (SSSR count). The van der Waals surface area contributed by atoms with Crippen LogP contribution in [0.15, 0.2) is 35.3 Å². The minimum absolute atomic E-state index is 0.0800. The second kappa shape index (κ2) is 4.56. The maximum absolute atomic E-state index is 12.3. The Labute approximate surface area is 115 Å². The van der Waals surface area contributed by atoms with Crippen LogP contribution in [0.4, 0.5) is 10.5 Å². The Kier molecular flexibility index (Phi) is 2.85. The van der Waals surface area contributed by atoms with Crippen LogP contribution in [0.5, 0.6) is 0 Å². The summed E-state index contributed by atoms with van der Waals surface area (Å²) in [7, 11) is 0. The van der Waals surface area contributed by atoms with E-state index in [0.29, 0.717) is 30.7 Å². The third-order valence-corrected chi connectivity index (χ3v) is 3.73. The molecular formula is C14H15N3O3. The van der Waals surface area contributed by atoms with Crippen LogP contribution in [0.25, 0.3) is 10.8 Å². The monoisotopic (exact) mass is 273 g/mol. The highest BCUT2D eigenvalue weighted by Gasteiger charge is 2.30. The minimum atomic E-state index is -0.903. The predicted molar refractivity (Wildman–Crippen MR) is 75.7 cm³/mol. The lowest BCUT2D eigenvalue weighted by Crippen LogP contribution is -2.51. The summed E-state index contributed by atoms with van der Waals surface area (Å²) in [4.78, 5) is 24.4. The number of hydrogen-bond acceptors (Lipinski definition) is 3. The number of fused-ring (bicyclic) bond motifs is 1. The van der Waals surface area contributed by atoms with Crippen molar-refractivity contribution in [1.29, 1.82) is 0 Å². The van der Waals surface area contributed by atoms with Gasteiger partial charge in [0.25, 0.3) is 5.56 Å². The lowest BCUT2D eigenvalue weighted by Gasteiger charge is -2.37. The smallest absolute Gasteiger partial charge is 0.407 e. The quantitative estimate of drug-likeness (QED) is 0.804. The Morgan fingerprint density at radius 1 is 1.30 bits per heavy atom. The number of rotatable bonds is 2. The van der Waals surface area contributed by atoms with Gasteiger partial charge in [-0.2, -0.15) is 0 Å². The van der Waals surface area contributed by atoms with Crippen LogP contribution in [-0.2, 0) is 6.54 Å². The molecule has 6 heteroatoms. The van der Waals surface area contributed by atoms with E-state index in [-0.39, 0.29) is 11.5 Å². The van der Waals surface area contributed by atoms with Gasteiger partial charge in [-0.25, -0.2) is 4.79 Å². The van der Waals surface area contributed by atoms with Gasteiger partial charge < -0.3 is 20.3 Å². The molecule has 0 spiro atoms. The number of nitrogen functional groups attached to an aromatic ring is 1. The highest BCUT2D eigenvalue weighted by Crippen LogP contribution is 2.19. The Morgan fingerprint density at radius 3 is 2.75 bits per heavy atom. The van der Waals surface area contributed by atoms with Gasteiger partial charge in [0.05, 0.1) is 0 Å². The molecule has 6 nitrogen and oxygen atoms in total. The Hall–Kier alpha value is -2.50. The summed E-state index contributed by atoms with van der Waals surface area (Å²) in [6.45, 7) is 1.50. The lowest BCUT2D eigenvalue weighted by molar-refractivity contribution is 0.0744. The molecular weight excluding hydrogens is 258 g/mol. The summed E-state index contributed by atoms with van der Waals surface area (Å²) in [5, 5.41) is 10.1. The van der Waals surface area contributed by atoms with E-state index in [1.54, 1.807) is 29.0 Å². The van der Waals surface area contributed by atoms with Crippen molar-refractivity contribution >= 4 is 22.6 Å². The van der Waals surface area contributed by atoms with Crippen molar-refractivity contribution < 1.29 is 9.90 Å². The second-order valence-electron chi connectivity index (χ2n) is 5.14. The Balaban J connectivity index is 1.85. The minimum Gasteiger partial charge on any atom is -0.465 e. The maximum Gasteiger partial charge on any atom is 0.407 e. The number of benzene rings is 1. The molecule has 1 aliphatic heterocycles. The summed E-state index contributed by atoms with van der Waals surface area (Å²) < 4.78 is 1.63. The van der Waals surface area contributed by atoms with Gasteiger partial charge in [0.15, 0.2) is 0 Å². The van der Waals surface area contributed by atoms with Gasteiger partial charge in [-0.1, -0.05) is 6.07 Å². The van der Waals surface area contributed by atoms with Crippen molar-refractivity contribution in [2.75, 3.05) is 18.8 Å². The lowest BCUT2D eigenvalue weighted by atomic mass is 10.0. The first-order valence-corrected chi connectivity index (χ1v) is 6.42. The molecule has 1 amide bonds. The van der Waals surface area contributed by atoms with E-state index in [1.165, 1.54) is 4.90 Å². The molecule has 0 atom stereocenters. The van der Waals surface area contributed by atoms with Gasteiger partial charge in [0, 0.05) is 48.2 Å². The molecule has 3 N–H and O–H groups in total. The number of amides is 1. The standard InChI is InChI=1S/C14H15N3O3/c15-12-3-1-2-11-10(12)4-5-16(13(11)18)6-9-7-17(8-9)14(19)20/h1-5,9H,6-8,15H2,(H,19,20). The molecule has 104 valence electrons. The molecule has 0 aliphatic carbocycles. The van der Waals surface area contributed by atoms with E-state index in [9.17, 15) is 9.59 Å². The number of nitrogens with zero attached hydrogens (tertiary/aromatic N) is 2. The second-order valence-corrected chi connectivity index (χ2v) is 5.14. The van der Waals surface area contributed by atoms with E-state index in [1.807, 2.05) is 6.07 Å². The van der Waals surface area contributed by atoms with Crippen molar-refractivity contribution in [2.24, 2.45) is 5.92 Å². The number of nitrogens with two attached hydrogens (primary N) is 1. The number of pyridine rings is 1. The fourth-order valence-electron chi connectivity index (χ4n) is 2.61. The Morgan fingerprint density at radius 2 is 2.05 bits per heavy atom. The number of likely N-dealkylation sites (tertiary alicyclic amines) is 1. The SMILES string of the molecule is Nc1cccc2c(=O)n(CC3CN(C(=O)O)C3)ccc12. The summed E-state index contributed by atoms with van der Waals surface area (Å²) >= 11 is 0. The van der Waals surface area contributed by atoms with Crippen LogP contribution in [0.1, 0.15) is 0 Å². The molecule has 2 heterocycles. The normalized spacial score (nSPS) is 15.3. The van der Waals surface area contributed by atoms with Crippen molar-refractivity contribution in [3.8, 4) is 0 Å². The number of hydrogen-bond donors (Lipinski definition) is 2. The van der Waals surface area contributed by atoms with Crippen LogP contribution >= 0.6 is 0 Å². The molecule has 1 aromatic carbocycles. The van der Waals surface area contributed by atoms with Gasteiger partial charge in [0.1, 0.15) is 0 Å². The molecule has 0 radical (unpaired) electrons.